The Kier molecular flexibility index (Phi) is 3.08. The molecule has 96 valence electrons. The van der Waals surface area contributed by atoms with Crippen LogP contribution >= 0.6 is 0 Å². The Bertz CT molecular complexity index is 432. The summed E-state index contributed by atoms with van der Waals surface area (Å²) in [5.74, 6) is 0.734. The number of carbonyl (C=O) groups is 1. The summed E-state index contributed by atoms with van der Waals surface area (Å²) >= 11 is 0. The molecular formula is C15H19NO2. The molecule has 4 rings (SSSR count). The molecule has 1 unspecified atom stereocenters. The van der Waals surface area contributed by atoms with Gasteiger partial charge in [0.05, 0.1) is 6.42 Å². The van der Waals surface area contributed by atoms with Gasteiger partial charge in [-0.1, -0.05) is 24.3 Å². The number of hydrogen-bond acceptors (Lipinski definition) is 2. The lowest BCUT2D eigenvalue weighted by Crippen LogP contribution is -2.46. The third-order valence-corrected chi connectivity index (χ3v) is 4.42. The fourth-order valence-corrected chi connectivity index (χ4v) is 3.40. The molecule has 1 atom stereocenters. The van der Waals surface area contributed by atoms with Crippen molar-refractivity contribution in [2.45, 2.75) is 25.2 Å². The smallest absolute Gasteiger partial charge is 0.307 e. The highest BCUT2D eigenvalue weighted by atomic mass is 16.4. The lowest BCUT2D eigenvalue weighted by molar-refractivity contribution is -0.136. The summed E-state index contributed by atoms with van der Waals surface area (Å²) in [4.78, 5) is 13.2. The predicted octanol–water partition coefficient (Wildman–Crippen LogP) is 2.12. The van der Waals surface area contributed by atoms with Gasteiger partial charge in [0.2, 0.25) is 0 Å². The minimum absolute atomic E-state index is 0.125. The standard InChI is InChI=1S/C15H19NO2/c17-15(18)9-11-1-3-12(4-2-11)14-10-16-7-5-13(14)6-8-16/h1-4,13-14H,5-10H2,(H,17,18). The van der Waals surface area contributed by atoms with Crippen molar-refractivity contribution in [1.29, 1.82) is 0 Å². The fourth-order valence-electron chi connectivity index (χ4n) is 3.40. The summed E-state index contributed by atoms with van der Waals surface area (Å²) in [5, 5.41) is 8.76. The maximum Gasteiger partial charge on any atom is 0.307 e. The number of fused-ring (bicyclic) bond motifs is 3. The van der Waals surface area contributed by atoms with Crippen molar-refractivity contribution in [3.8, 4) is 0 Å². The van der Waals surface area contributed by atoms with Crippen LogP contribution in [0, 0.1) is 5.92 Å². The van der Waals surface area contributed by atoms with Crippen molar-refractivity contribution in [3.63, 3.8) is 0 Å². The molecule has 0 radical (unpaired) electrons. The Morgan fingerprint density at radius 1 is 1.22 bits per heavy atom. The number of aliphatic carboxylic acids is 1. The van der Waals surface area contributed by atoms with Crippen LogP contribution in [0.15, 0.2) is 24.3 Å². The van der Waals surface area contributed by atoms with Crippen LogP contribution in [0.1, 0.15) is 29.9 Å². The van der Waals surface area contributed by atoms with Gasteiger partial charge in [-0.2, -0.15) is 0 Å². The first-order valence-corrected chi connectivity index (χ1v) is 6.75. The highest BCUT2D eigenvalue weighted by molar-refractivity contribution is 5.70. The molecule has 2 bridgehead atoms. The molecule has 0 aliphatic carbocycles. The van der Waals surface area contributed by atoms with E-state index in [-0.39, 0.29) is 6.42 Å². The molecule has 3 aliphatic heterocycles. The normalized spacial score (nSPS) is 30.3. The average molecular weight is 245 g/mol. The first kappa shape index (κ1) is 11.7. The van der Waals surface area contributed by atoms with Gasteiger partial charge in [0.1, 0.15) is 0 Å². The molecule has 18 heavy (non-hydrogen) atoms. The lowest BCUT2D eigenvalue weighted by atomic mass is 9.75. The SMILES string of the molecule is O=C(O)Cc1ccc(C2CN3CCC2CC3)cc1. The highest BCUT2D eigenvalue weighted by Gasteiger charge is 2.34. The summed E-state index contributed by atoms with van der Waals surface area (Å²) in [5.41, 5.74) is 2.28. The molecule has 0 spiro atoms. The molecule has 3 heterocycles. The molecule has 3 heteroatoms. The highest BCUT2D eigenvalue weighted by Crippen LogP contribution is 2.38. The molecule has 0 aromatic heterocycles. The van der Waals surface area contributed by atoms with Crippen molar-refractivity contribution >= 4 is 5.97 Å². The third-order valence-electron chi connectivity index (χ3n) is 4.42. The van der Waals surface area contributed by atoms with E-state index < -0.39 is 5.97 Å². The second-order valence-corrected chi connectivity index (χ2v) is 5.56. The van der Waals surface area contributed by atoms with Gasteiger partial charge in [-0.05, 0) is 48.9 Å². The van der Waals surface area contributed by atoms with Crippen LogP contribution in [0.2, 0.25) is 0 Å². The second kappa shape index (κ2) is 4.73. The maximum absolute atomic E-state index is 10.7. The summed E-state index contributed by atoms with van der Waals surface area (Å²) < 4.78 is 0. The maximum atomic E-state index is 10.7. The third kappa shape index (κ3) is 2.27. The van der Waals surface area contributed by atoms with Gasteiger partial charge in [0.25, 0.3) is 0 Å². The fraction of sp³-hybridized carbons (Fsp3) is 0.533. The number of rotatable bonds is 3. The van der Waals surface area contributed by atoms with E-state index >= 15 is 0 Å². The van der Waals surface area contributed by atoms with Gasteiger partial charge in [0.15, 0.2) is 0 Å². The molecule has 3 aliphatic rings. The van der Waals surface area contributed by atoms with E-state index in [0.717, 1.165) is 11.5 Å². The molecule has 0 saturated carbocycles. The van der Waals surface area contributed by atoms with Crippen molar-refractivity contribution < 1.29 is 9.90 Å². The molecule has 1 N–H and O–H groups in total. The minimum Gasteiger partial charge on any atom is -0.481 e. The van der Waals surface area contributed by atoms with Crippen LogP contribution < -0.4 is 0 Å². The molecule has 3 fully saturated rings. The van der Waals surface area contributed by atoms with E-state index in [0.29, 0.717) is 5.92 Å². The number of benzene rings is 1. The lowest BCUT2D eigenvalue weighted by Gasteiger charge is -2.45. The number of carboxylic acids is 1. The van der Waals surface area contributed by atoms with E-state index in [4.69, 9.17) is 5.11 Å². The zero-order valence-corrected chi connectivity index (χ0v) is 10.5. The molecule has 1 aromatic carbocycles. The van der Waals surface area contributed by atoms with E-state index in [1.165, 1.54) is 38.0 Å². The van der Waals surface area contributed by atoms with Crippen molar-refractivity contribution in [3.05, 3.63) is 35.4 Å². The molecular weight excluding hydrogens is 226 g/mol. The Balaban J connectivity index is 1.74. The number of carboxylic acid groups (broad SMARTS) is 1. The quantitative estimate of drug-likeness (QED) is 0.886. The summed E-state index contributed by atoms with van der Waals surface area (Å²) in [7, 11) is 0. The van der Waals surface area contributed by atoms with Crippen LogP contribution in [0.4, 0.5) is 0 Å². The van der Waals surface area contributed by atoms with E-state index in [9.17, 15) is 4.79 Å². The van der Waals surface area contributed by atoms with Crippen LogP contribution in [0.3, 0.4) is 0 Å². The van der Waals surface area contributed by atoms with Gasteiger partial charge < -0.3 is 10.0 Å². The molecule has 1 aromatic rings. The second-order valence-electron chi connectivity index (χ2n) is 5.56. The summed E-state index contributed by atoms with van der Waals surface area (Å²) in [6.07, 6.45) is 2.77. The Hall–Kier alpha value is -1.35. The van der Waals surface area contributed by atoms with Gasteiger partial charge in [-0.25, -0.2) is 0 Å². The zero-order valence-electron chi connectivity index (χ0n) is 10.5. The number of hydrogen-bond donors (Lipinski definition) is 1. The van der Waals surface area contributed by atoms with Gasteiger partial charge in [-0.15, -0.1) is 0 Å². The van der Waals surface area contributed by atoms with Gasteiger partial charge in [-0.3, -0.25) is 4.79 Å². The topological polar surface area (TPSA) is 40.5 Å². The van der Waals surface area contributed by atoms with Crippen molar-refractivity contribution in [2.75, 3.05) is 19.6 Å². The van der Waals surface area contributed by atoms with E-state index in [1.54, 1.807) is 0 Å². The first-order valence-electron chi connectivity index (χ1n) is 6.75. The van der Waals surface area contributed by atoms with E-state index in [1.807, 2.05) is 12.1 Å². The molecule has 3 nitrogen and oxygen atoms in total. The number of piperidine rings is 3. The molecule has 3 saturated heterocycles. The van der Waals surface area contributed by atoms with Gasteiger partial charge in [0, 0.05) is 6.54 Å². The van der Waals surface area contributed by atoms with Crippen LogP contribution in [-0.2, 0) is 11.2 Å². The Morgan fingerprint density at radius 2 is 1.89 bits per heavy atom. The van der Waals surface area contributed by atoms with Crippen molar-refractivity contribution in [2.24, 2.45) is 5.92 Å². The largest absolute Gasteiger partial charge is 0.481 e. The number of nitrogens with zero attached hydrogens (tertiary/aromatic N) is 1. The monoisotopic (exact) mass is 245 g/mol. The summed E-state index contributed by atoms with van der Waals surface area (Å²) in [6.45, 7) is 3.71. The Morgan fingerprint density at radius 3 is 2.39 bits per heavy atom. The Labute approximate surface area is 107 Å². The van der Waals surface area contributed by atoms with Crippen LogP contribution in [0.25, 0.3) is 0 Å². The first-order chi connectivity index (χ1) is 8.72. The van der Waals surface area contributed by atoms with Crippen LogP contribution in [0.5, 0.6) is 0 Å². The zero-order chi connectivity index (χ0) is 12.5. The molecule has 0 amide bonds. The average Bonchev–Trinajstić information content (AvgIpc) is 2.40. The van der Waals surface area contributed by atoms with Crippen LogP contribution in [-0.4, -0.2) is 35.6 Å². The predicted molar refractivity (Wildman–Crippen MR) is 69.7 cm³/mol. The summed E-state index contributed by atoms with van der Waals surface area (Å²) in [6, 6.07) is 8.21. The van der Waals surface area contributed by atoms with E-state index in [2.05, 4.69) is 17.0 Å². The van der Waals surface area contributed by atoms with Gasteiger partial charge >= 0.3 is 5.97 Å². The van der Waals surface area contributed by atoms with Crippen molar-refractivity contribution in [1.82, 2.24) is 4.90 Å². The minimum atomic E-state index is -0.759.